The minimum atomic E-state index is -3.10. The maximum absolute atomic E-state index is 10.7. The minimum absolute atomic E-state index is 0.434. The van der Waals surface area contributed by atoms with Gasteiger partial charge >= 0.3 is 0 Å². The van der Waals surface area contributed by atoms with Gasteiger partial charge in [-0.3, -0.25) is 14.1 Å². The molecule has 3 N–H and O–H groups in total. The third-order valence-corrected chi connectivity index (χ3v) is 5.63. The van der Waals surface area contributed by atoms with Crippen molar-refractivity contribution in [2.45, 2.75) is 11.3 Å². The molecule has 0 unspecified atom stereocenters. The summed E-state index contributed by atoms with van der Waals surface area (Å²) in [4.78, 5) is 6.80. The summed E-state index contributed by atoms with van der Waals surface area (Å²) in [6.45, 7) is 0.434. The highest BCUT2D eigenvalue weighted by molar-refractivity contribution is 8.22. The number of hydrogen-bond donors (Lipinski definition) is 3. The topological polar surface area (TPSA) is 68.6 Å². The van der Waals surface area contributed by atoms with Gasteiger partial charge in [0, 0.05) is 55.4 Å². The zero-order valence-electron chi connectivity index (χ0n) is 14.4. The fourth-order valence-corrected chi connectivity index (χ4v) is 4.14. The largest absolute Gasteiger partial charge is 0.377 e. The van der Waals surface area contributed by atoms with Crippen LogP contribution in [0.4, 0.5) is 5.69 Å². The predicted molar refractivity (Wildman–Crippen MR) is 105 cm³/mol. The standard InChI is InChI=1S/C19H23N3O2S/c1-22(2)18-10-5-9-17-16(18)8-6-11-19(17)25(23,24)21-14-12-15-7-3-4-13-20-15/h3-11,13,21,23-24H,12,14H2,1-2H3. The van der Waals surface area contributed by atoms with Crippen LogP contribution in [-0.2, 0) is 6.42 Å². The van der Waals surface area contributed by atoms with E-state index in [2.05, 4.69) is 9.71 Å². The Morgan fingerprint density at radius 3 is 2.44 bits per heavy atom. The van der Waals surface area contributed by atoms with E-state index in [1.165, 1.54) is 0 Å². The Labute approximate surface area is 149 Å². The number of rotatable bonds is 6. The van der Waals surface area contributed by atoms with Crippen LogP contribution in [0.1, 0.15) is 5.69 Å². The number of benzene rings is 2. The highest BCUT2D eigenvalue weighted by Crippen LogP contribution is 2.48. The second-order valence-electron chi connectivity index (χ2n) is 6.04. The van der Waals surface area contributed by atoms with Gasteiger partial charge < -0.3 is 4.90 Å². The molecule has 3 aromatic rings. The first-order valence-corrected chi connectivity index (χ1v) is 9.65. The summed E-state index contributed by atoms with van der Waals surface area (Å²) in [6, 6.07) is 17.2. The lowest BCUT2D eigenvalue weighted by molar-refractivity contribution is 0.471. The average molecular weight is 357 g/mol. The van der Waals surface area contributed by atoms with Crippen LogP contribution in [0.3, 0.4) is 0 Å². The lowest BCUT2D eigenvalue weighted by Crippen LogP contribution is -2.23. The summed E-state index contributed by atoms with van der Waals surface area (Å²) in [5, 5.41) is 1.84. The molecule has 0 aliphatic rings. The molecule has 0 saturated carbocycles. The third kappa shape index (κ3) is 3.93. The van der Waals surface area contributed by atoms with E-state index in [-0.39, 0.29) is 0 Å². The van der Waals surface area contributed by atoms with Gasteiger partial charge in [-0.05, 0) is 24.3 Å². The van der Waals surface area contributed by atoms with Crippen molar-refractivity contribution in [2.75, 3.05) is 25.5 Å². The molecular formula is C19H23N3O2S. The Morgan fingerprint density at radius 1 is 0.960 bits per heavy atom. The van der Waals surface area contributed by atoms with Gasteiger partial charge in [0.05, 0.1) is 4.90 Å². The van der Waals surface area contributed by atoms with Crippen molar-refractivity contribution in [1.29, 1.82) is 0 Å². The van der Waals surface area contributed by atoms with Crippen molar-refractivity contribution >= 4 is 27.2 Å². The summed E-state index contributed by atoms with van der Waals surface area (Å²) < 4.78 is 24.3. The van der Waals surface area contributed by atoms with E-state index >= 15 is 0 Å². The lowest BCUT2D eigenvalue weighted by Gasteiger charge is -2.34. The quantitative estimate of drug-likeness (QED) is 0.618. The second-order valence-corrected chi connectivity index (χ2v) is 7.86. The van der Waals surface area contributed by atoms with Gasteiger partial charge in [-0.15, -0.1) is 10.8 Å². The van der Waals surface area contributed by atoms with Crippen molar-refractivity contribution < 1.29 is 9.11 Å². The summed E-state index contributed by atoms with van der Waals surface area (Å²) in [7, 11) is 0.858. The van der Waals surface area contributed by atoms with Crippen molar-refractivity contribution in [3.8, 4) is 0 Å². The molecule has 0 saturated heterocycles. The fourth-order valence-electron chi connectivity index (χ4n) is 2.85. The summed E-state index contributed by atoms with van der Waals surface area (Å²) in [5.74, 6) is 0. The Bertz CT molecular complexity index is 854. The van der Waals surface area contributed by atoms with Crippen LogP contribution in [0.15, 0.2) is 65.7 Å². The molecule has 5 nitrogen and oxygen atoms in total. The molecule has 132 valence electrons. The molecular weight excluding hydrogens is 334 g/mol. The van der Waals surface area contributed by atoms with Gasteiger partial charge in [0.25, 0.3) is 0 Å². The molecule has 0 aliphatic carbocycles. The van der Waals surface area contributed by atoms with Crippen LogP contribution >= 0.6 is 10.8 Å². The normalized spacial score (nSPS) is 12.3. The van der Waals surface area contributed by atoms with Crippen LogP contribution in [0.5, 0.6) is 0 Å². The number of hydrogen-bond acceptors (Lipinski definition) is 5. The van der Waals surface area contributed by atoms with Gasteiger partial charge in [-0.1, -0.05) is 30.3 Å². The Balaban J connectivity index is 1.85. The van der Waals surface area contributed by atoms with Crippen molar-refractivity contribution in [2.24, 2.45) is 0 Å². The molecule has 0 fully saturated rings. The van der Waals surface area contributed by atoms with Gasteiger partial charge in [-0.25, -0.2) is 4.72 Å². The Kier molecular flexibility index (Phi) is 5.24. The molecule has 0 amide bonds. The van der Waals surface area contributed by atoms with E-state index in [9.17, 15) is 9.11 Å². The molecule has 3 rings (SSSR count). The summed E-state index contributed by atoms with van der Waals surface area (Å²) in [6.07, 6.45) is 2.37. The number of aromatic nitrogens is 1. The average Bonchev–Trinajstić information content (AvgIpc) is 2.61. The predicted octanol–water partition coefficient (Wildman–Crippen LogP) is 4.16. The van der Waals surface area contributed by atoms with E-state index in [4.69, 9.17) is 0 Å². The molecule has 6 heteroatoms. The van der Waals surface area contributed by atoms with Crippen LogP contribution < -0.4 is 9.62 Å². The molecule has 1 aromatic heterocycles. The lowest BCUT2D eigenvalue weighted by atomic mass is 10.1. The van der Waals surface area contributed by atoms with Crippen molar-refractivity contribution in [3.05, 3.63) is 66.5 Å². The first-order chi connectivity index (χ1) is 12.0. The third-order valence-electron chi connectivity index (χ3n) is 4.06. The van der Waals surface area contributed by atoms with Gasteiger partial charge in [0.2, 0.25) is 0 Å². The van der Waals surface area contributed by atoms with Crippen molar-refractivity contribution in [1.82, 2.24) is 9.71 Å². The van der Waals surface area contributed by atoms with Gasteiger partial charge in [0.15, 0.2) is 0 Å². The number of fused-ring (bicyclic) bond motifs is 1. The zero-order valence-corrected chi connectivity index (χ0v) is 15.2. The molecule has 1 heterocycles. The van der Waals surface area contributed by atoms with Gasteiger partial charge in [-0.2, -0.15) is 0 Å². The SMILES string of the molecule is CN(C)c1cccc2c(S(O)(O)NCCc3ccccn3)cccc12. The molecule has 0 bridgehead atoms. The first kappa shape index (κ1) is 17.7. The summed E-state index contributed by atoms with van der Waals surface area (Å²) >= 11 is 0. The van der Waals surface area contributed by atoms with E-state index in [1.54, 1.807) is 12.3 Å². The van der Waals surface area contributed by atoms with Gasteiger partial charge in [0.1, 0.15) is 0 Å². The highest BCUT2D eigenvalue weighted by Gasteiger charge is 2.19. The smallest absolute Gasteiger partial charge is 0.0829 e. The van der Waals surface area contributed by atoms with Crippen LogP contribution in [0.2, 0.25) is 0 Å². The number of pyridine rings is 1. The highest BCUT2D eigenvalue weighted by atomic mass is 32.3. The molecule has 2 aromatic carbocycles. The van der Waals surface area contributed by atoms with E-state index in [0.29, 0.717) is 17.9 Å². The Hall–Kier alpha value is -2.12. The molecule has 0 atom stereocenters. The number of anilines is 1. The minimum Gasteiger partial charge on any atom is -0.377 e. The van der Waals surface area contributed by atoms with Crippen LogP contribution in [-0.4, -0.2) is 34.7 Å². The maximum atomic E-state index is 10.7. The fraction of sp³-hybridized carbons (Fsp3) is 0.211. The maximum Gasteiger partial charge on any atom is 0.0829 e. The van der Waals surface area contributed by atoms with Crippen LogP contribution in [0, 0.1) is 0 Å². The van der Waals surface area contributed by atoms with Crippen molar-refractivity contribution in [3.63, 3.8) is 0 Å². The van der Waals surface area contributed by atoms with E-state index in [1.807, 2.05) is 67.5 Å². The molecule has 25 heavy (non-hydrogen) atoms. The van der Waals surface area contributed by atoms with E-state index < -0.39 is 10.8 Å². The molecule has 0 aliphatic heterocycles. The summed E-state index contributed by atoms with van der Waals surface area (Å²) in [5.41, 5.74) is 1.96. The zero-order chi connectivity index (χ0) is 17.9. The second kappa shape index (κ2) is 7.41. The number of nitrogens with zero attached hydrogens (tertiary/aromatic N) is 2. The Morgan fingerprint density at radius 2 is 1.72 bits per heavy atom. The first-order valence-electron chi connectivity index (χ1n) is 8.11. The molecule has 0 spiro atoms. The monoisotopic (exact) mass is 357 g/mol. The van der Waals surface area contributed by atoms with Crippen LogP contribution in [0.25, 0.3) is 10.8 Å². The van der Waals surface area contributed by atoms with E-state index in [0.717, 1.165) is 22.2 Å². The number of nitrogens with one attached hydrogen (secondary N) is 1. The molecule has 0 radical (unpaired) electrons.